The largest absolute Gasteiger partial charge is 0.351 e. The summed E-state index contributed by atoms with van der Waals surface area (Å²) in [5.41, 5.74) is 0.281. The number of hydrogen-bond donors (Lipinski definition) is 2. The van der Waals surface area contributed by atoms with Crippen LogP contribution >= 0.6 is 11.6 Å². The predicted octanol–water partition coefficient (Wildman–Crippen LogP) is 4.22. The number of nitrogens with one attached hydrogen (secondary N) is 2. The fourth-order valence-electron chi connectivity index (χ4n) is 4.84. The van der Waals surface area contributed by atoms with E-state index in [1.54, 1.807) is 37.3 Å². The van der Waals surface area contributed by atoms with Gasteiger partial charge in [0.15, 0.2) is 0 Å². The lowest BCUT2D eigenvalue weighted by Crippen LogP contribution is -2.59. The monoisotopic (exact) mass is 509 g/mol. The molecule has 10 heteroatoms. The molecule has 1 saturated heterocycles. The summed E-state index contributed by atoms with van der Waals surface area (Å²) in [5, 5.41) is 5.48. The highest BCUT2D eigenvalue weighted by Gasteiger charge is 2.48. The van der Waals surface area contributed by atoms with Crippen LogP contribution in [0, 0.1) is 5.92 Å². The van der Waals surface area contributed by atoms with Crippen molar-refractivity contribution in [2.45, 2.75) is 69.1 Å². The van der Waals surface area contributed by atoms with Gasteiger partial charge < -0.3 is 15.5 Å². The fraction of sp³-hybridized carbons (Fsp3) is 0.480. The molecule has 1 saturated carbocycles. The maximum absolute atomic E-state index is 14.4. The third-order valence-corrected chi connectivity index (χ3v) is 7.04. The van der Waals surface area contributed by atoms with Crippen LogP contribution in [-0.2, 0) is 14.4 Å². The van der Waals surface area contributed by atoms with Crippen molar-refractivity contribution in [3.8, 4) is 0 Å². The van der Waals surface area contributed by atoms with Crippen LogP contribution in [0.15, 0.2) is 48.3 Å². The average Bonchev–Trinajstić information content (AvgIpc) is 2.78. The molecule has 3 unspecified atom stereocenters. The van der Waals surface area contributed by atoms with Crippen molar-refractivity contribution < 1.29 is 27.6 Å². The normalized spacial score (nSPS) is 26.7. The van der Waals surface area contributed by atoms with Crippen molar-refractivity contribution in [2.24, 2.45) is 5.92 Å². The third-order valence-electron chi connectivity index (χ3n) is 6.70. The van der Waals surface area contributed by atoms with Crippen molar-refractivity contribution in [3.05, 3.63) is 58.9 Å². The quantitative estimate of drug-likeness (QED) is 0.602. The smallest absolute Gasteiger partial charge is 0.252 e. The molecular weight excluding hydrogens is 483 g/mol. The van der Waals surface area contributed by atoms with E-state index >= 15 is 0 Å². The number of hydrogen-bond acceptors (Lipinski definition) is 3. The molecule has 1 aliphatic heterocycles. The molecule has 1 aromatic rings. The van der Waals surface area contributed by atoms with Gasteiger partial charge in [0.1, 0.15) is 17.9 Å². The molecule has 0 bridgehead atoms. The summed E-state index contributed by atoms with van der Waals surface area (Å²) in [6.07, 6.45) is 4.25. The van der Waals surface area contributed by atoms with E-state index in [9.17, 15) is 27.6 Å². The molecule has 3 aliphatic rings. The maximum Gasteiger partial charge on any atom is 0.252 e. The third kappa shape index (κ3) is 5.55. The van der Waals surface area contributed by atoms with Gasteiger partial charge in [0.05, 0.1) is 6.04 Å². The summed E-state index contributed by atoms with van der Waals surface area (Å²) < 4.78 is 41.3. The second-order valence-electron chi connectivity index (χ2n) is 9.41. The maximum atomic E-state index is 14.4. The molecule has 35 heavy (non-hydrogen) atoms. The minimum absolute atomic E-state index is 0.195. The highest BCUT2D eigenvalue weighted by Crippen LogP contribution is 2.39. The number of carbonyl (C=O) groups excluding carboxylic acids is 3. The van der Waals surface area contributed by atoms with Gasteiger partial charge in [0.25, 0.3) is 5.92 Å². The molecule has 4 atom stereocenters. The number of piperidine rings is 1. The Kier molecular flexibility index (Phi) is 7.26. The first-order valence-electron chi connectivity index (χ1n) is 11.7. The molecule has 3 amide bonds. The van der Waals surface area contributed by atoms with Gasteiger partial charge >= 0.3 is 0 Å². The van der Waals surface area contributed by atoms with Gasteiger partial charge in [-0.25, -0.2) is 13.2 Å². The Hall–Kier alpha value is -2.81. The summed E-state index contributed by atoms with van der Waals surface area (Å²) >= 11 is 6.44. The van der Waals surface area contributed by atoms with E-state index in [2.05, 4.69) is 10.6 Å². The molecule has 2 aliphatic carbocycles. The zero-order valence-electron chi connectivity index (χ0n) is 19.1. The minimum atomic E-state index is -2.85. The first kappa shape index (κ1) is 25.3. The Bertz CT molecular complexity index is 1070. The van der Waals surface area contributed by atoms with E-state index in [-0.39, 0.29) is 28.8 Å². The molecule has 1 aromatic carbocycles. The van der Waals surface area contributed by atoms with Gasteiger partial charge in [-0.2, -0.15) is 0 Å². The molecule has 0 aromatic heterocycles. The second kappa shape index (κ2) is 10.0. The average molecular weight is 510 g/mol. The lowest BCUT2D eigenvalue weighted by atomic mass is 9.87. The highest BCUT2D eigenvalue weighted by atomic mass is 35.5. The van der Waals surface area contributed by atoms with Gasteiger partial charge in [0.2, 0.25) is 17.7 Å². The Labute approximate surface area is 206 Å². The number of benzene rings is 1. The Morgan fingerprint density at radius 1 is 1.26 bits per heavy atom. The minimum Gasteiger partial charge on any atom is -0.351 e. The highest BCUT2D eigenvalue weighted by molar-refractivity contribution is 6.31. The van der Waals surface area contributed by atoms with Crippen LogP contribution in [0.25, 0.3) is 0 Å². The van der Waals surface area contributed by atoms with Crippen molar-refractivity contribution in [1.29, 1.82) is 0 Å². The SMILES string of the molecule is CC1C=CC(F)=CC1N(C(=O)[C@@H]1CCCC(=O)N1)C(C(=O)NC1CC(F)(F)C1)c1ccccc1Cl. The standard InChI is InChI=1S/C25H27ClF3N3O3/c1-14-9-10-15(27)11-20(14)32(24(35)19-7-4-8-21(33)31-19)22(17-5-2-3-6-18(17)26)23(34)30-16-12-25(28,29)13-16/h2-3,5-6,9-11,14,16,19-20,22H,4,7-8,12-13H2,1H3,(H,30,34)(H,31,33)/t14?,19-,20?,22?/m0/s1. The molecule has 0 spiro atoms. The van der Waals surface area contributed by atoms with Crippen LogP contribution in [0.2, 0.25) is 5.02 Å². The number of nitrogens with zero attached hydrogens (tertiary/aromatic N) is 1. The number of carbonyl (C=O) groups is 3. The molecule has 188 valence electrons. The van der Waals surface area contributed by atoms with Crippen LogP contribution in [-0.4, -0.2) is 46.7 Å². The van der Waals surface area contributed by atoms with Gasteiger partial charge in [-0.1, -0.05) is 42.8 Å². The summed E-state index contributed by atoms with van der Waals surface area (Å²) in [7, 11) is 0. The molecule has 6 nitrogen and oxygen atoms in total. The van der Waals surface area contributed by atoms with E-state index in [4.69, 9.17) is 11.6 Å². The zero-order chi connectivity index (χ0) is 25.3. The van der Waals surface area contributed by atoms with Crippen molar-refractivity contribution in [3.63, 3.8) is 0 Å². The molecule has 4 rings (SSSR count). The van der Waals surface area contributed by atoms with E-state index in [1.165, 1.54) is 17.1 Å². The molecule has 2 N–H and O–H groups in total. The van der Waals surface area contributed by atoms with E-state index in [0.29, 0.717) is 12.8 Å². The number of amides is 3. The second-order valence-corrected chi connectivity index (χ2v) is 9.82. The summed E-state index contributed by atoms with van der Waals surface area (Å²) in [6.45, 7) is 1.78. The van der Waals surface area contributed by atoms with Crippen LogP contribution < -0.4 is 10.6 Å². The molecule has 1 heterocycles. The van der Waals surface area contributed by atoms with Crippen molar-refractivity contribution in [1.82, 2.24) is 15.5 Å². The number of rotatable bonds is 6. The summed E-state index contributed by atoms with van der Waals surface area (Å²) in [6, 6.07) is 2.57. The summed E-state index contributed by atoms with van der Waals surface area (Å²) in [4.78, 5) is 40.8. The van der Waals surface area contributed by atoms with Crippen molar-refractivity contribution >= 4 is 29.3 Å². The van der Waals surface area contributed by atoms with Gasteiger partial charge in [-0.15, -0.1) is 0 Å². The lowest BCUT2D eigenvalue weighted by Gasteiger charge is -2.43. The Morgan fingerprint density at radius 2 is 1.97 bits per heavy atom. The lowest BCUT2D eigenvalue weighted by molar-refractivity contribution is -0.149. The van der Waals surface area contributed by atoms with Gasteiger partial charge in [0, 0.05) is 35.9 Å². The Morgan fingerprint density at radius 3 is 2.63 bits per heavy atom. The van der Waals surface area contributed by atoms with Gasteiger partial charge in [-0.3, -0.25) is 14.4 Å². The summed E-state index contributed by atoms with van der Waals surface area (Å²) in [5.74, 6) is -5.34. The van der Waals surface area contributed by atoms with Crippen LogP contribution in [0.5, 0.6) is 0 Å². The van der Waals surface area contributed by atoms with E-state index < -0.39 is 60.6 Å². The zero-order valence-corrected chi connectivity index (χ0v) is 19.9. The predicted molar refractivity (Wildman–Crippen MR) is 124 cm³/mol. The number of alkyl halides is 2. The molecular formula is C25H27ClF3N3O3. The number of halogens is 4. The molecule has 0 radical (unpaired) electrons. The Balaban J connectivity index is 1.76. The first-order valence-corrected chi connectivity index (χ1v) is 12.0. The van der Waals surface area contributed by atoms with Crippen LogP contribution in [0.1, 0.15) is 50.6 Å². The van der Waals surface area contributed by atoms with Crippen LogP contribution in [0.3, 0.4) is 0 Å². The number of allylic oxidation sites excluding steroid dienone is 2. The topological polar surface area (TPSA) is 78.5 Å². The van der Waals surface area contributed by atoms with E-state index in [1.807, 2.05) is 0 Å². The van der Waals surface area contributed by atoms with Crippen molar-refractivity contribution in [2.75, 3.05) is 0 Å². The van der Waals surface area contributed by atoms with Gasteiger partial charge in [-0.05, 0) is 37.0 Å². The fourth-order valence-corrected chi connectivity index (χ4v) is 5.08. The van der Waals surface area contributed by atoms with E-state index in [0.717, 1.165) is 0 Å². The first-order chi connectivity index (χ1) is 16.6. The molecule has 2 fully saturated rings. The van der Waals surface area contributed by atoms with Crippen LogP contribution in [0.4, 0.5) is 13.2 Å².